The number of hydrogen-bond acceptors (Lipinski definition) is 3. The Bertz CT molecular complexity index is 278. The molecule has 0 aliphatic carbocycles. The van der Waals surface area contributed by atoms with E-state index in [0.717, 1.165) is 15.1 Å². The second kappa shape index (κ2) is 5.52. The van der Waals surface area contributed by atoms with Crippen LogP contribution >= 0.6 is 28.6 Å². The summed E-state index contributed by atoms with van der Waals surface area (Å²) in [7, 11) is 1.65. The highest BCUT2D eigenvalue weighted by molar-refractivity contribution is 9.10. The van der Waals surface area contributed by atoms with Gasteiger partial charge >= 0.3 is 0 Å². The lowest BCUT2D eigenvalue weighted by molar-refractivity contribution is 0.146. The van der Waals surface area contributed by atoms with Crippen LogP contribution in [0.5, 0.6) is 5.75 Å². The normalized spacial score (nSPS) is 10.1. The molecular weight excluding hydrogens is 252 g/mol. The number of benzene rings is 1. The molecule has 0 saturated carbocycles. The van der Waals surface area contributed by atoms with E-state index in [0.29, 0.717) is 13.2 Å². The van der Waals surface area contributed by atoms with E-state index in [1.807, 2.05) is 18.2 Å². The molecule has 0 aromatic heterocycles. The van der Waals surface area contributed by atoms with Crippen LogP contribution in [0.3, 0.4) is 0 Å². The third kappa shape index (κ3) is 3.58. The Morgan fingerprint density at radius 1 is 1.38 bits per heavy atom. The van der Waals surface area contributed by atoms with Gasteiger partial charge in [0.2, 0.25) is 0 Å². The van der Waals surface area contributed by atoms with E-state index in [-0.39, 0.29) is 0 Å². The minimum absolute atomic E-state index is 0.557. The summed E-state index contributed by atoms with van der Waals surface area (Å²) in [6.45, 7) is 1.15. The summed E-state index contributed by atoms with van der Waals surface area (Å²) in [6, 6.07) is 5.66. The Balaban J connectivity index is 2.56. The van der Waals surface area contributed by atoms with Crippen LogP contribution in [0.2, 0.25) is 0 Å². The molecule has 72 valence electrons. The maximum atomic E-state index is 5.43. The fourth-order valence-corrected chi connectivity index (χ4v) is 1.72. The third-order valence-electron chi connectivity index (χ3n) is 1.46. The van der Waals surface area contributed by atoms with Crippen molar-refractivity contribution >= 4 is 28.6 Å². The van der Waals surface area contributed by atoms with Gasteiger partial charge in [0.15, 0.2) is 0 Å². The highest BCUT2D eigenvalue weighted by Crippen LogP contribution is 2.27. The van der Waals surface area contributed by atoms with Crippen LogP contribution in [0.25, 0.3) is 0 Å². The molecule has 2 nitrogen and oxygen atoms in total. The Kier molecular flexibility index (Phi) is 4.62. The van der Waals surface area contributed by atoms with Gasteiger partial charge in [-0.1, -0.05) is 0 Å². The van der Waals surface area contributed by atoms with Crippen molar-refractivity contribution < 1.29 is 9.47 Å². The molecule has 0 aliphatic heterocycles. The van der Waals surface area contributed by atoms with E-state index in [4.69, 9.17) is 9.47 Å². The summed E-state index contributed by atoms with van der Waals surface area (Å²) in [5.41, 5.74) is 0. The Morgan fingerprint density at radius 3 is 2.77 bits per heavy atom. The molecule has 0 bridgehead atoms. The summed E-state index contributed by atoms with van der Waals surface area (Å²) >= 11 is 7.59. The zero-order chi connectivity index (χ0) is 9.68. The number of ether oxygens (including phenoxy) is 2. The minimum Gasteiger partial charge on any atom is -0.490 e. The first kappa shape index (κ1) is 10.9. The van der Waals surface area contributed by atoms with E-state index in [1.165, 1.54) is 0 Å². The SMILES string of the molecule is COCCOc1ccc(S)cc1Br. The predicted octanol–water partition coefficient (Wildman–Crippen LogP) is 2.76. The molecule has 0 fully saturated rings. The number of methoxy groups -OCH3 is 1. The van der Waals surface area contributed by atoms with Gasteiger partial charge in [-0.2, -0.15) is 0 Å². The standard InChI is InChI=1S/C9H11BrO2S/c1-11-4-5-12-9-3-2-7(13)6-8(9)10/h2-3,6,13H,4-5H2,1H3. The molecule has 0 heterocycles. The molecule has 0 unspecified atom stereocenters. The summed E-state index contributed by atoms with van der Waals surface area (Å²) < 4.78 is 11.2. The molecule has 0 saturated heterocycles. The molecule has 1 rings (SSSR count). The smallest absolute Gasteiger partial charge is 0.133 e. The fraction of sp³-hybridized carbons (Fsp3) is 0.333. The lowest BCUT2D eigenvalue weighted by Crippen LogP contribution is -2.04. The van der Waals surface area contributed by atoms with Crippen LogP contribution in [0, 0.1) is 0 Å². The molecule has 0 N–H and O–H groups in total. The lowest BCUT2D eigenvalue weighted by Gasteiger charge is -2.07. The third-order valence-corrected chi connectivity index (χ3v) is 2.36. The molecular formula is C9H11BrO2S. The molecule has 0 amide bonds. The minimum atomic E-state index is 0.557. The molecule has 1 aromatic rings. The summed E-state index contributed by atoms with van der Waals surface area (Å²) in [6.07, 6.45) is 0. The molecule has 0 atom stereocenters. The molecule has 1 aromatic carbocycles. The average molecular weight is 263 g/mol. The van der Waals surface area contributed by atoms with Gasteiger partial charge in [-0.25, -0.2) is 0 Å². The van der Waals surface area contributed by atoms with Gasteiger partial charge in [0.25, 0.3) is 0 Å². The second-order valence-electron chi connectivity index (χ2n) is 2.46. The first-order chi connectivity index (χ1) is 6.24. The van der Waals surface area contributed by atoms with Crippen LogP contribution in [-0.2, 0) is 4.74 Å². The van der Waals surface area contributed by atoms with E-state index in [1.54, 1.807) is 7.11 Å². The molecule has 0 radical (unpaired) electrons. The van der Waals surface area contributed by atoms with Crippen molar-refractivity contribution in [3.63, 3.8) is 0 Å². The van der Waals surface area contributed by atoms with Gasteiger partial charge in [0, 0.05) is 12.0 Å². The van der Waals surface area contributed by atoms with Crippen LogP contribution < -0.4 is 4.74 Å². The highest BCUT2D eigenvalue weighted by Gasteiger charge is 2.00. The molecule has 13 heavy (non-hydrogen) atoms. The zero-order valence-corrected chi connectivity index (χ0v) is 9.77. The van der Waals surface area contributed by atoms with Gasteiger partial charge in [0.05, 0.1) is 11.1 Å². The first-order valence-corrected chi connectivity index (χ1v) is 5.08. The van der Waals surface area contributed by atoms with Gasteiger partial charge < -0.3 is 9.47 Å². The average Bonchev–Trinajstić information content (AvgIpc) is 2.09. The van der Waals surface area contributed by atoms with E-state index >= 15 is 0 Å². The van der Waals surface area contributed by atoms with Gasteiger partial charge in [-0.3, -0.25) is 0 Å². The van der Waals surface area contributed by atoms with Gasteiger partial charge in [-0.15, -0.1) is 12.6 Å². The molecule has 0 aliphatic rings. The van der Waals surface area contributed by atoms with Crippen molar-refractivity contribution in [2.24, 2.45) is 0 Å². The van der Waals surface area contributed by atoms with Crippen molar-refractivity contribution in [1.82, 2.24) is 0 Å². The number of hydrogen-bond donors (Lipinski definition) is 1. The Hall–Kier alpha value is -0.190. The maximum Gasteiger partial charge on any atom is 0.133 e. The second-order valence-corrected chi connectivity index (χ2v) is 3.83. The van der Waals surface area contributed by atoms with E-state index in [2.05, 4.69) is 28.6 Å². The van der Waals surface area contributed by atoms with Crippen LogP contribution in [0.1, 0.15) is 0 Å². The zero-order valence-electron chi connectivity index (χ0n) is 7.29. The van der Waals surface area contributed by atoms with E-state index in [9.17, 15) is 0 Å². The maximum absolute atomic E-state index is 5.43. The van der Waals surface area contributed by atoms with Crippen LogP contribution in [0.4, 0.5) is 0 Å². The van der Waals surface area contributed by atoms with Crippen molar-refractivity contribution in [2.75, 3.05) is 20.3 Å². The molecule has 0 spiro atoms. The Morgan fingerprint density at radius 2 is 2.15 bits per heavy atom. The van der Waals surface area contributed by atoms with Crippen LogP contribution in [0.15, 0.2) is 27.6 Å². The summed E-state index contributed by atoms with van der Waals surface area (Å²) in [5.74, 6) is 0.815. The largest absolute Gasteiger partial charge is 0.490 e. The van der Waals surface area contributed by atoms with E-state index < -0.39 is 0 Å². The number of halogens is 1. The number of thiol groups is 1. The van der Waals surface area contributed by atoms with Crippen molar-refractivity contribution in [3.8, 4) is 5.75 Å². The quantitative estimate of drug-likeness (QED) is 0.665. The fourth-order valence-electron chi connectivity index (χ4n) is 0.842. The molecule has 4 heteroatoms. The topological polar surface area (TPSA) is 18.5 Å². The summed E-state index contributed by atoms with van der Waals surface area (Å²) in [4.78, 5) is 0.908. The van der Waals surface area contributed by atoms with Crippen molar-refractivity contribution in [1.29, 1.82) is 0 Å². The summed E-state index contributed by atoms with van der Waals surface area (Å²) in [5, 5.41) is 0. The van der Waals surface area contributed by atoms with Crippen molar-refractivity contribution in [3.05, 3.63) is 22.7 Å². The number of rotatable bonds is 4. The van der Waals surface area contributed by atoms with Crippen LogP contribution in [-0.4, -0.2) is 20.3 Å². The lowest BCUT2D eigenvalue weighted by atomic mass is 10.3. The monoisotopic (exact) mass is 262 g/mol. The van der Waals surface area contributed by atoms with Crippen molar-refractivity contribution in [2.45, 2.75) is 4.90 Å². The van der Waals surface area contributed by atoms with Gasteiger partial charge in [0.1, 0.15) is 12.4 Å². The Labute approximate surface area is 91.8 Å². The predicted molar refractivity (Wildman–Crippen MR) is 58.8 cm³/mol. The first-order valence-electron chi connectivity index (χ1n) is 3.84. The highest BCUT2D eigenvalue weighted by atomic mass is 79.9. The van der Waals surface area contributed by atoms with Gasteiger partial charge in [-0.05, 0) is 34.1 Å².